The quantitative estimate of drug-likeness (QED) is 0.189. The maximum atomic E-state index is 10.5. The fraction of sp³-hybridized carbons (Fsp3) is 0.633. The average Bonchev–Trinajstić information content (AvgIpc) is 3.67. The van der Waals surface area contributed by atoms with Gasteiger partial charge in [-0.1, -0.05) is 0 Å². The predicted octanol–water partition coefficient (Wildman–Crippen LogP) is 14.7. The predicted molar refractivity (Wildman–Crippen MR) is 252 cm³/mol. The van der Waals surface area contributed by atoms with Gasteiger partial charge in [0.15, 0.2) is 0 Å². The van der Waals surface area contributed by atoms with Crippen molar-refractivity contribution >= 4 is 11.9 Å². The van der Waals surface area contributed by atoms with Crippen LogP contribution < -0.4 is 10.2 Å². The lowest BCUT2D eigenvalue weighted by atomic mass is 9.58. The van der Waals surface area contributed by atoms with Gasteiger partial charge in [-0.05, 0) is 202 Å². The zero-order valence-corrected chi connectivity index (χ0v) is 40.1. The van der Waals surface area contributed by atoms with E-state index in [0.717, 1.165) is 71.0 Å². The molecule has 18 aliphatic carbocycles. The Labute approximate surface area is 407 Å². The molecular weight excluding hydrogens is 899 g/mol. The molecule has 10 heteroatoms. The zero-order chi connectivity index (χ0) is 48.1. The molecule has 0 spiro atoms. The molecule has 70 heavy (non-hydrogen) atoms. The molecule has 3 aromatic rings. The lowest BCUT2D eigenvalue weighted by Gasteiger charge is -2.43. The number of fused-ring (bicyclic) bond motifs is 12. The van der Waals surface area contributed by atoms with Crippen LogP contribution in [0.5, 0.6) is 0 Å². The van der Waals surface area contributed by atoms with Crippen molar-refractivity contribution in [1.29, 1.82) is 0 Å². The summed E-state index contributed by atoms with van der Waals surface area (Å²) in [5.74, 6) is 3.95. The molecule has 0 atom stereocenters. The van der Waals surface area contributed by atoms with Crippen molar-refractivity contribution in [1.82, 2.24) is 0 Å². The van der Waals surface area contributed by atoms with E-state index >= 15 is 0 Å². The van der Waals surface area contributed by atoms with E-state index < -0.39 is 24.3 Å². The molecule has 0 N–H and O–H groups in total. The van der Waals surface area contributed by atoms with Crippen molar-refractivity contribution < 1.29 is 46.1 Å². The first-order chi connectivity index (χ1) is 33.7. The van der Waals surface area contributed by atoms with Gasteiger partial charge in [0, 0.05) is 103 Å². The maximum Gasteiger partial charge on any atom is 0.430 e. The molecule has 0 aromatic heterocycles. The van der Waals surface area contributed by atoms with E-state index in [1.807, 2.05) is 77.9 Å². The van der Waals surface area contributed by atoms with Crippen molar-refractivity contribution in [3.05, 3.63) is 91.0 Å². The monoisotopic (exact) mass is 962 g/mol. The van der Waals surface area contributed by atoms with Crippen LogP contribution in [0.25, 0.3) is 22.3 Å². The van der Waals surface area contributed by atoms with E-state index in [4.69, 9.17) is 19.8 Å². The van der Waals surface area contributed by atoms with Gasteiger partial charge in [0.2, 0.25) is 0 Å². The summed E-state index contributed by atoms with van der Waals surface area (Å²) in [6.45, 7) is 0. The molecule has 6 fully saturated rings. The number of carbonyl (C=O) groups is 2. The third-order valence-electron chi connectivity index (χ3n) is 21.2. The Morgan fingerprint density at radius 3 is 0.786 bits per heavy atom. The minimum Gasteiger partial charge on any atom is -0.542 e. The fourth-order valence-corrected chi connectivity index (χ4v) is 18.7. The molecule has 6 saturated carbocycles. The van der Waals surface area contributed by atoms with Gasteiger partial charge < -0.3 is 19.8 Å². The summed E-state index contributed by atoms with van der Waals surface area (Å²) in [6.07, 6.45) is 24.9. The highest BCUT2D eigenvalue weighted by Gasteiger charge is 2.54. The minimum absolute atomic E-state index is 0.797. The maximum absolute atomic E-state index is 10.5. The Morgan fingerprint density at radius 1 is 0.343 bits per heavy atom. The number of rotatable bonds is 2. The van der Waals surface area contributed by atoms with Crippen molar-refractivity contribution in [2.45, 2.75) is 237 Å². The normalized spacial score (nSPS) is 33.6. The van der Waals surface area contributed by atoms with Gasteiger partial charge in [-0.2, -0.15) is 26.3 Å². The first-order valence-electron chi connectivity index (χ1n) is 27.5. The van der Waals surface area contributed by atoms with Crippen molar-refractivity contribution in [3.63, 3.8) is 0 Å². The molecule has 370 valence electrons. The lowest BCUT2D eigenvalue weighted by molar-refractivity contribution is -0.344. The number of benzene rings is 1. The highest BCUT2D eigenvalue weighted by atomic mass is 19.4. The molecule has 0 saturated heterocycles. The molecule has 0 amide bonds. The van der Waals surface area contributed by atoms with Gasteiger partial charge in [-0.15, -0.1) is 0 Å². The molecule has 3 aromatic carbocycles. The van der Waals surface area contributed by atoms with Crippen LogP contribution >= 0.6 is 0 Å². The van der Waals surface area contributed by atoms with Crippen LogP contribution in [-0.4, -0.2) is 24.3 Å². The molecule has 0 unspecified atom stereocenters. The van der Waals surface area contributed by atoms with Crippen LogP contribution in [0.15, 0.2) is 24.3 Å². The average molecular weight is 963 g/mol. The van der Waals surface area contributed by atoms with E-state index in [2.05, 4.69) is 24.3 Å². The van der Waals surface area contributed by atoms with Crippen LogP contribution in [-0.2, 0) is 9.59 Å². The second-order valence-corrected chi connectivity index (χ2v) is 24.2. The SMILES string of the molecule is O=C([O-])C(F)(F)F.O=C([O-])C(F)(F)F.c1cc(-c2c3c(c4c(c5[c+]2C2CCC5CC2)C2CCC4CC2)C2CCC3CC2)ccc1-c1c2c(c3c(c4[c+]1C1CCC4CC1)C1CCC3CC1)C1CCC2CC1. The van der Waals surface area contributed by atoms with Crippen LogP contribution in [0.4, 0.5) is 26.3 Å². The Hall–Kier alpha value is -4.08. The highest BCUT2D eigenvalue weighted by Crippen LogP contribution is 2.67. The minimum atomic E-state index is -5.19. The molecule has 0 aliphatic heterocycles. The Morgan fingerprint density at radius 2 is 0.543 bits per heavy atom. The Bertz CT molecular complexity index is 2350. The second-order valence-electron chi connectivity index (χ2n) is 24.2. The van der Waals surface area contributed by atoms with E-state index in [1.165, 1.54) is 154 Å². The Balaban J connectivity index is 0.000000304. The number of alkyl halides is 6. The van der Waals surface area contributed by atoms with Crippen LogP contribution in [0.2, 0.25) is 0 Å². The van der Waals surface area contributed by atoms with Crippen molar-refractivity contribution in [2.24, 2.45) is 0 Å². The smallest absolute Gasteiger partial charge is 0.430 e. The van der Waals surface area contributed by atoms with Gasteiger partial charge in [0.1, 0.15) is 23.1 Å². The molecule has 4 nitrogen and oxygen atoms in total. The summed E-state index contributed by atoms with van der Waals surface area (Å²) in [4.78, 5) is 17.6. The van der Waals surface area contributed by atoms with Crippen LogP contribution in [0, 0.1) is 0 Å². The zero-order valence-electron chi connectivity index (χ0n) is 40.1. The summed E-state index contributed by atoms with van der Waals surface area (Å²) in [7, 11) is 0. The number of hydrogen-bond donors (Lipinski definition) is 0. The third-order valence-corrected chi connectivity index (χ3v) is 21.2. The molecule has 18 aliphatic rings. The van der Waals surface area contributed by atoms with E-state index in [0.29, 0.717) is 0 Å². The molecule has 0 radical (unpaired) electrons. The van der Waals surface area contributed by atoms with Crippen LogP contribution in [0.1, 0.15) is 292 Å². The van der Waals surface area contributed by atoms with Gasteiger partial charge >= 0.3 is 12.4 Å². The van der Waals surface area contributed by atoms with E-state index in [1.54, 1.807) is 11.1 Å². The van der Waals surface area contributed by atoms with Gasteiger partial charge in [0.25, 0.3) is 0 Å². The number of aliphatic carboxylic acids is 2. The lowest BCUT2D eigenvalue weighted by Crippen LogP contribution is -2.37. The standard InChI is InChI=1S/C56H64.2C2HF3O2/c1-2-30-4-3-29(1)43-44(30)48-34-11-19-38(20-12-34)52(48)55(51-37-17-9-33(10-18-37)47(43)51)41-25-27-42(28-26-41)56-53-39-21-13-35(14-22-39)49(53)45-31-5-6-32(8-7-31)46(45)50-36-15-23-40(24-16-36)54(50)56;2*3-2(4,5)1(6)7/h25-40H,1-24H2;2*(H,6,7)/q+2;;/p-2. The summed E-state index contributed by atoms with van der Waals surface area (Å²) in [5, 5.41) is 17.6. The summed E-state index contributed by atoms with van der Waals surface area (Å²) in [6, 6.07) is 11.0. The summed E-state index contributed by atoms with van der Waals surface area (Å²) in [5.41, 5.74) is 30.4. The molecule has 12 bridgehead atoms. The topological polar surface area (TPSA) is 80.3 Å². The first kappa shape index (κ1) is 45.8. The van der Waals surface area contributed by atoms with Crippen molar-refractivity contribution in [3.8, 4) is 22.3 Å². The van der Waals surface area contributed by atoms with Gasteiger partial charge in [-0.25, -0.2) is 0 Å². The molecular formula is C60H64F6O4. The first-order valence-corrected chi connectivity index (χ1v) is 27.5. The highest BCUT2D eigenvalue weighted by molar-refractivity contribution is 5.84. The molecule has 0 heterocycles. The van der Waals surface area contributed by atoms with E-state index in [9.17, 15) is 26.3 Å². The number of halogens is 6. The number of carboxylic acid groups (broad SMARTS) is 2. The summed E-state index contributed by atoms with van der Waals surface area (Å²) >= 11 is 0. The largest absolute Gasteiger partial charge is 0.542 e. The fourth-order valence-electron chi connectivity index (χ4n) is 18.7. The summed E-state index contributed by atoms with van der Waals surface area (Å²) < 4.78 is 63.1. The molecule has 21 rings (SSSR count). The third kappa shape index (κ3) is 7.02. The Kier molecular flexibility index (Phi) is 10.9. The number of carbonyl (C=O) groups excluding carboxylic acids is 2. The van der Waals surface area contributed by atoms with Crippen molar-refractivity contribution in [2.75, 3.05) is 0 Å². The van der Waals surface area contributed by atoms with Crippen LogP contribution in [0.3, 0.4) is 0 Å². The number of carboxylic acids is 2. The van der Waals surface area contributed by atoms with E-state index in [-0.39, 0.29) is 0 Å². The second kappa shape index (κ2) is 16.7. The van der Waals surface area contributed by atoms with Gasteiger partial charge in [0.05, 0.1) is 22.3 Å². The van der Waals surface area contributed by atoms with Gasteiger partial charge in [-0.3, -0.25) is 0 Å². The number of hydrogen-bond acceptors (Lipinski definition) is 4.